The Kier molecular flexibility index (Phi) is 7.04. The van der Waals surface area contributed by atoms with Crippen LogP contribution in [0.3, 0.4) is 0 Å². The van der Waals surface area contributed by atoms with Crippen molar-refractivity contribution in [2.45, 2.75) is 38.1 Å². The van der Waals surface area contributed by atoms with Crippen LogP contribution >= 0.6 is 0 Å². The van der Waals surface area contributed by atoms with Crippen molar-refractivity contribution in [3.05, 3.63) is 53.5 Å². The number of hydrogen-bond donors (Lipinski definition) is 1. The molecule has 9 heteroatoms. The number of nitrogens with zero attached hydrogens (tertiary/aromatic N) is 3. The van der Waals surface area contributed by atoms with Gasteiger partial charge in [-0.15, -0.1) is 0 Å². The molecule has 7 nitrogen and oxygen atoms in total. The Balaban J connectivity index is 1.70. The highest BCUT2D eigenvalue weighted by molar-refractivity contribution is 7.89. The third kappa shape index (κ3) is 4.79. The molecule has 0 saturated carbocycles. The lowest BCUT2D eigenvalue weighted by Crippen LogP contribution is -2.29. The second kappa shape index (κ2) is 9.53. The molecular formula is C21H27FN4O3S. The van der Waals surface area contributed by atoms with Gasteiger partial charge < -0.3 is 10.2 Å². The SMILES string of the molecule is CCN(CC)c1ccc(CNC(=O)c2ccc(F)c(S(=O)(=O)N3CCCC3)c2)cn1. The zero-order chi connectivity index (χ0) is 21.7. The Morgan fingerprint density at radius 2 is 1.87 bits per heavy atom. The fourth-order valence-electron chi connectivity index (χ4n) is 3.45. The zero-order valence-corrected chi connectivity index (χ0v) is 18.1. The Morgan fingerprint density at radius 1 is 1.17 bits per heavy atom. The number of rotatable bonds is 8. The molecule has 1 aliphatic heterocycles. The first-order valence-corrected chi connectivity index (χ1v) is 11.6. The summed E-state index contributed by atoms with van der Waals surface area (Å²) in [5, 5.41) is 2.74. The summed E-state index contributed by atoms with van der Waals surface area (Å²) in [5.41, 5.74) is 0.910. The van der Waals surface area contributed by atoms with Crippen molar-refractivity contribution in [1.82, 2.24) is 14.6 Å². The number of aromatic nitrogens is 1. The minimum absolute atomic E-state index is 0.0990. The fraction of sp³-hybridized carbons (Fsp3) is 0.429. The highest BCUT2D eigenvalue weighted by atomic mass is 32.2. The van der Waals surface area contributed by atoms with Gasteiger partial charge in [-0.3, -0.25) is 4.79 Å². The molecule has 2 heterocycles. The lowest BCUT2D eigenvalue weighted by Gasteiger charge is -2.19. The molecule has 0 unspecified atom stereocenters. The molecule has 1 saturated heterocycles. The lowest BCUT2D eigenvalue weighted by atomic mass is 10.2. The van der Waals surface area contributed by atoms with E-state index in [0.717, 1.165) is 49.4 Å². The summed E-state index contributed by atoms with van der Waals surface area (Å²) in [5.74, 6) is -0.458. The number of amides is 1. The van der Waals surface area contributed by atoms with Gasteiger partial charge in [0.05, 0.1) is 0 Å². The summed E-state index contributed by atoms with van der Waals surface area (Å²) in [6.07, 6.45) is 3.20. The summed E-state index contributed by atoms with van der Waals surface area (Å²) in [6, 6.07) is 7.20. The molecule has 1 aromatic carbocycles. The van der Waals surface area contributed by atoms with E-state index in [9.17, 15) is 17.6 Å². The molecule has 0 radical (unpaired) electrons. The third-order valence-electron chi connectivity index (χ3n) is 5.23. The van der Waals surface area contributed by atoms with Crippen LogP contribution in [0.25, 0.3) is 0 Å². The maximum atomic E-state index is 14.2. The van der Waals surface area contributed by atoms with Crippen molar-refractivity contribution in [3.63, 3.8) is 0 Å². The number of benzene rings is 1. The van der Waals surface area contributed by atoms with Crippen LogP contribution in [0.2, 0.25) is 0 Å². The van der Waals surface area contributed by atoms with E-state index >= 15 is 0 Å². The molecule has 1 aromatic heterocycles. The molecule has 0 bridgehead atoms. The van der Waals surface area contributed by atoms with Gasteiger partial charge in [0.1, 0.15) is 16.5 Å². The van der Waals surface area contributed by atoms with Crippen molar-refractivity contribution in [2.75, 3.05) is 31.1 Å². The molecule has 30 heavy (non-hydrogen) atoms. The molecule has 0 aliphatic carbocycles. The van der Waals surface area contributed by atoms with Crippen LogP contribution in [0.4, 0.5) is 10.2 Å². The maximum absolute atomic E-state index is 14.2. The average molecular weight is 435 g/mol. The molecule has 0 atom stereocenters. The van der Waals surface area contributed by atoms with Crippen LogP contribution in [0.15, 0.2) is 41.4 Å². The van der Waals surface area contributed by atoms with Crippen molar-refractivity contribution in [1.29, 1.82) is 0 Å². The Bertz CT molecular complexity index is 986. The monoisotopic (exact) mass is 434 g/mol. The highest BCUT2D eigenvalue weighted by Crippen LogP contribution is 2.24. The van der Waals surface area contributed by atoms with Gasteiger partial charge in [0.15, 0.2) is 0 Å². The molecule has 1 aliphatic rings. The minimum Gasteiger partial charge on any atom is -0.357 e. The van der Waals surface area contributed by atoms with E-state index < -0.39 is 26.6 Å². The second-order valence-electron chi connectivity index (χ2n) is 7.14. The van der Waals surface area contributed by atoms with Crippen LogP contribution in [0.5, 0.6) is 0 Å². The minimum atomic E-state index is -3.95. The average Bonchev–Trinajstić information content (AvgIpc) is 3.30. The van der Waals surface area contributed by atoms with E-state index in [-0.39, 0.29) is 12.1 Å². The highest BCUT2D eigenvalue weighted by Gasteiger charge is 2.30. The van der Waals surface area contributed by atoms with E-state index in [1.807, 2.05) is 12.1 Å². The number of sulfonamides is 1. The van der Waals surface area contributed by atoms with Crippen molar-refractivity contribution < 1.29 is 17.6 Å². The Hall–Kier alpha value is -2.52. The number of carbonyl (C=O) groups is 1. The van der Waals surface area contributed by atoms with Crippen LogP contribution < -0.4 is 10.2 Å². The molecule has 2 aromatic rings. The number of carbonyl (C=O) groups excluding carboxylic acids is 1. The van der Waals surface area contributed by atoms with E-state index in [0.29, 0.717) is 13.1 Å². The lowest BCUT2D eigenvalue weighted by molar-refractivity contribution is 0.0950. The van der Waals surface area contributed by atoms with Crippen LogP contribution in [0.1, 0.15) is 42.6 Å². The molecule has 162 valence electrons. The van der Waals surface area contributed by atoms with E-state index in [2.05, 4.69) is 29.0 Å². The number of anilines is 1. The topological polar surface area (TPSA) is 82.6 Å². The van der Waals surface area contributed by atoms with E-state index in [1.54, 1.807) is 6.20 Å². The van der Waals surface area contributed by atoms with Gasteiger partial charge in [-0.25, -0.2) is 17.8 Å². The Morgan fingerprint density at radius 3 is 2.47 bits per heavy atom. The summed E-state index contributed by atoms with van der Waals surface area (Å²) in [4.78, 5) is 18.6. The van der Waals surface area contributed by atoms with Gasteiger partial charge in [0, 0.05) is 44.5 Å². The number of hydrogen-bond acceptors (Lipinski definition) is 5. The first kappa shape index (κ1) is 22.2. The molecule has 3 rings (SSSR count). The number of nitrogens with one attached hydrogen (secondary N) is 1. The summed E-state index contributed by atoms with van der Waals surface area (Å²) >= 11 is 0. The quantitative estimate of drug-likeness (QED) is 0.691. The van der Waals surface area contributed by atoms with Crippen molar-refractivity contribution in [3.8, 4) is 0 Å². The maximum Gasteiger partial charge on any atom is 0.251 e. The molecule has 1 fully saturated rings. The van der Waals surface area contributed by atoms with Crippen molar-refractivity contribution in [2.24, 2.45) is 0 Å². The van der Waals surface area contributed by atoms with Gasteiger partial charge >= 0.3 is 0 Å². The van der Waals surface area contributed by atoms with Crippen molar-refractivity contribution >= 4 is 21.7 Å². The molecular weight excluding hydrogens is 407 g/mol. The molecule has 1 N–H and O–H groups in total. The van der Waals surface area contributed by atoms with Crippen LogP contribution in [0, 0.1) is 5.82 Å². The van der Waals surface area contributed by atoms with Gasteiger partial charge in [-0.1, -0.05) is 6.07 Å². The fourth-order valence-corrected chi connectivity index (χ4v) is 5.06. The van der Waals surface area contributed by atoms with Gasteiger partial charge in [0.25, 0.3) is 5.91 Å². The van der Waals surface area contributed by atoms with Crippen LogP contribution in [-0.4, -0.2) is 49.8 Å². The predicted octanol–water partition coefficient (Wildman–Crippen LogP) is 2.78. The third-order valence-corrected chi connectivity index (χ3v) is 7.14. The first-order valence-electron chi connectivity index (χ1n) is 10.1. The van der Waals surface area contributed by atoms with Crippen LogP contribution in [-0.2, 0) is 16.6 Å². The summed E-state index contributed by atoms with van der Waals surface area (Å²) < 4.78 is 40.9. The number of pyridine rings is 1. The smallest absolute Gasteiger partial charge is 0.251 e. The Labute approximate surface area is 177 Å². The largest absolute Gasteiger partial charge is 0.357 e. The van der Waals surface area contributed by atoms with E-state index in [1.165, 1.54) is 10.4 Å². The van der Waals surface area contributed by atoms with Gasteiger partial charge in [-0.05, 0) is 56.5 Å². The number of halogens is 1. The molecule has 0 spiro atoms. The second-order valence-corrected chi connectivity index (χ2v) is 9.04. The normalized spacial score (nSPS) is 14.6. The summed E-state index contributed by atoms with van der Waals surface area (Å²) in [7, 11) is -3.95. The van der Waals surface area contributed by atoms with Gasteiger partial charge in [0.2, 0.25) is 10.0 Å². The molecule has 1 amide bonds. The first-order chi connectivity index (χ1) is 14.4. The van der Waals surface area contributed by atoms with Gasteiger partial charge in [-0.2, -0.15) is 4.31 Å². The zero-order valence-electron chi connectivity index (χ0n) is 17.3. The predicted molar refractivity (Wildman–Crippen MR) is 113 cm³/mol. The summed E-state index contributed by atoms with van der Waals surface area (Å²) in [6.45, 7) is 6.79. The standard InChI is InChI=1S/C21H27FN4O3S/c1-3-25(4-2)20-10-7-16(14-23-20)15-24-21(27)17-8-9-18(22)19(13-17)30(28,29)26-11-5-6-12-26/h7-10,13-14H,3-6,11-12,15H2,1-2H3,(H,24,27). The van der Waals surface area contributed by atoms with E-state index in [4.69, 9.17) is 0 Å².